The summed E-state index contributed by atoms with van der Waals surface area (Å²) in [4.78, 5) is 70.3. The van der Waals surface area contributed by atoms with Crippen LogP contribution in [0.5, 0.6) is 0 Å². The van der Waals surface area contributed by atoms with Crippen molar-refractivity contribution in [2.75, 3.05) is 11.4 Å². The molecule has 13 nitrogen and oxygen atoms in total. The largest absolute Gasteiger partial charge is 0.481 e. The monoisotopic (exact) mass is 727 g/mol. The SMILES string of the molecule is CC(=O)NCCC1(C(=O)NC(Cc2ccc(N3C(CCc4ccccc4)N(C(=O)CCC(=O)O)[C@H](Cc4cccnc4)[C@H]3O)cc2)C(=O)O)CCCC1. The van der Waals surface area contributed by atoms with Crippen LogP contribution in [-0.2, 0) is 43.2 Å². The summed E-state index contributed by atoms with van der Waals surface area (Å²) in [5, 5.41) is 37.0. The van der Waals surface area contributed by atoms with Crippen molar-refractivity contribution in [3.05, 3.63) is 95.8 Å². The van der Waals surface area contributed by atoms with Crippen LogP contribution < -0.4 is 15.5 Å². The van der Waals surface area contributed by atoms with E-state index in [1.807, 2.05) is 36.4 Å². The quantitative estimate of drug-likeness (QED) is 0.137. The van der Waals surface area contributed by atoms with Gasteiger partial charge in [0.25, 0.3) is 0 Å². The third-order valence-electron chi connectivity index (χ3n) is 10.5. The summed E-state index contributed by atoms with van der Waals surface area (Å²) in [6.45, 7) is 1.75. The van der Waals surface area contributed by atoms with Gasteiger partial charge in [-0.15, -0.1) is 0 Å². The highest BCUT2D eigenvalue weighted by Crippen LogP contribution is 2.41. The van der Waals surface area contributed by atoms with Crippen molar-refractivity contribution >= 4 is 35.3 Å². The van der Waals surface area contributed by atoms with E-state index in [2.05, 4.69) is 15.6 Å². The summed E-state index contributed by atoms with van der Waals surface area (Å²) in [5.41, 5.74) is 2.37. The van der Waals surface area contributed by atoms with Crippen molar-refractivity contribution in [3.63, 3.8) is 0 Å². The number of pyridine rings is 1. The summed E-state index contributed by atoms with van der Waals surface area (Å²) in [5.74, 6) is -3.14. The summed E-state index contributed by atoms with van der Waals surface area (Å²) in [7, 11) is 0. The zero-order valence-corrected chi connectivity index (χ0v) is 30.0. The van der Waals surface area contributed by atoms with Crippen LogP contribution in [0.25, 0.3) is 0 Å². The molecule has 0 spiro atoms. The first-order chi connectivity index (χ1) is 25.5. The average molecular weight is 728 g/mol. The van der Waals surface area contributed by atoms with Crippen molar-refractivity contribution < 1.29 is 39.3 Å². The molecule has 2 heterocycles. The van der Waals surface area contributed by atoms with E-state index in [9.17, 15) is 39.3 Å². The minimum atomic E-state index is -1.19. The Balaban J connectivity index is 1.39. The molecule has 1 saturated heterocycles. The predicted octanol–water partition coefficient (Wildman–Crippen LogP) is 3.68. The normalized spacial score (nSPS) is 19.8. The number of aliphatic carboxylic acids is 2. The lowest BCUT2D eigenvalue weighted by Crippen LogP contribution is -2.49. The fourth-order valence-electron chi connectivity index (χ4n) is 7.73. The van der Waals surface area contributed by atoms with Gasteiger partial charge in [0.2, 0.25) is 17.7 Å². The summed E-state index contributed by atoms with van der Waals surface area (Å²) >= 11 is 0. The van der Waals surface area contributed by atoms with Gasteiger partial charge in [-0.3, -0.25) is 24.2 Å². The standard InChI is InChI=1S/C40H49N5O8/c1-27(46)42-23-21-40(19-5-6-20-40)39(53)43-32(38(51)52)24-29-11-14-31(15-12-29)44-34(16-13-28-8-3-2-4-9-28)45(35(47)17-18-36(48)49)33(37(44)50)25-30-10-7-22-41-26-30/h2-4,7-12,14-15,22,26,32-34,37,50H,5-6,13,16-21,23-25H2,1H3,(H,42,46)(H,43,53)(H,48,49)(H,51,52)/t32?,33-,34?,37-/m1/s1. The molecule has 3 amide bonds. The van der Waals surface area contributed by atoms with Crippen LogP contribution in [0.15, 0.2) is 79.1 Å². The fraction of sp³-hybridized carbons (Fsp3) is 0.450. The van der Waals surface area contributed by atoms with E-state index in [1.165, 1.54) is 6.92 Å². The second kappa shape index (κ2) is 18.0. The lowest BCUT2D eigenvalue weighted by Gasteiger charge is -2.33. The van der Waals surface area contributed by atoms with Crippen molar-refractivity contribution in [3.8, 4) is 0 Å². The van der Waals surface area contributed by atoms with Crippen molar-refractivity contribution in [1.29, 1.82) is 0 Å². The summed E-state index contributed by atoms with van der Waals surface area (Å²) in [6, 6.07) is 18.6. The molecule has 2 fully saturated rings. The number of anilines is 1. The van der Waals surface area contributed by atoms with Gasteiger partial charge < -0.3 is 35.8 Å². The van der Waals surface area contributed by atoms with Crippen molar-refractivity contribution in [1.82, 2.24) is 20.5 Å². The van der Waals surface area contributed by atoms with E-state index in [0.717, 1.165) is 24.0 Å². The Labute approximate surface area is 309 Å². The number of carbonyl (C=O) groups excluding carboxylic acids is 3. The molecule has 1 aliphatic carbocycles. The fourth-order valence-corrected chi connectivity index (χ4v) is 7.73. The van der Waals surface area contributed by atoms with E-state index in [4.69, 9.17) is 0 Å². The number of carboxylic acids is 2. The number of aromatic nitrogens is 1. The number of carboxylic acid groups (broad SMARTS) is 2. The second-order valence-electron chi connectivity index (χ2n) is 14.1. The van der Waals surface area contributed by atoms with Gasteiger partial charge in [0.1, 0.15) is 18.4 Å². The van der Waals surface area contributed by atoms with Crippen LogP contribution in [0.3, 0.4) is 0 Å². The Bertz CT molecular complexity index is 1720. The first-order valence-electron chi connectivity index (χ1n) is 18.3. The molecule has 2 unspecified atom stereocenters. The van der Waals surface area contributed by atoms with Gasteiger partial charge in [-0.05, 0) is 73.4 Å². The third-order valence-corrected chi connectivity index (χ3v) is 10.5. The van der Waals surface area contributed by atoms with Gasteiger partial charge >= 0.3 is 11.9 Å². The number of carbonyl (C=O) groups is 5. The lowest BCUT2D eigenvalue weighted by molar-refractivity contribution is -0.144. The molecule has 53 heavy (non-hydrogen) atoms. The van der Waals surface area contributed by atoms with Gasteiger partial charge in [-0.1, -0.05) is 61.4 Å². The highest BCUT2D eigenvalue weighted by atomic mass is 16.4. The van der Waals surface area contributed by atoms with Crippen molar-refractivity contribution in [2.45, 2.75) is 102 Å². The van der Waals surface area contributed by atoms with Crippen LogP contribution >= 0.6 is 0 Å². The highest BCUT2D eigenvalue weighted by Gasteiger charge is 2.48. The Morgan fingerprint density at radius 3 is 2.23 bits per heavy atom. The number of nitrogens with zero attached hydrogens (tertiary/aromatic N) is 3. The average Bonchev–Trinajstić information content (AvgIpc) is 3.73. The smallest absolute Gasteiger partial charge is 0.326 e. The molecule has 2 aromatic carbocycles. The van der Waals surface area contributed by atoms with Gasteiger partial charge in [0.15, 0.2) is 0 Å². The molecule has 1 saturated carbocycles. The van der Waals surface area contributed by atoms with Crippen molar-refractivity contribution in [2.24, 2.45) is 5.41 Å². The molecule has 1 aliphatic heterocycles. The van der Waals surface area contributed by atoms with E-state index in [1.54, 1.807) is 52.5 Å². The Hall–Kier alpha value is -5.30. The molecular weight excluding hydrogens is 678 g/mol. The molecule has 1 aromatic heterocycles. The molecule has 0 bridgehead atoms. The topological polar surface area (TPSA) is 189 Å². The number of nitrogens with one attached hydrogen (secondary N) is 2. The molecule has 13 heteroatoms. The molecule has 5 N–H and O–H groups in total. The van der Waals surface area contributed by atoms with E-state index >= 15 is 0 Å². The Kier molecular flexibility index (Phi) is 13.2. The van der Waals surface area contributed by atoms with Crippen LogP contribution in [0.4, 0.5) is 5.69 Å². The van der Waals surface area contributed by atoms with Crippen LogP contribution in [0, 0.1) is 5.41 Å². The van der Waals surface area contributed by atoms with E-state index in [0.29, 0.717) is 49.9 Å². The third kappa shape index (κ3) is 9.98. The molecule has 5 rings (SSSR count). The number of hydrogen-bond acceptors (Lipinski definition) is 8. The van der Waals surface area contributed by atoms with Gasteiger partial charge in [-0.25, -0.2) is 4.79 Å². The first kappa shape index (κ1) is 38.9. The zero-order valence-electron chi connectivity index (χ0n) is 30.0. The maximum atomic E-state index is 13.8. The minimum absolute atomic E-state index is 0.0204. The molecular formula is C40H49N5O8. The predicted molar refractivity (Wildman–Crippen MR) is 196 cm³/mol. The van der Waals surface area contributed by atoms with Crippen LogP contribution in [0.1, 0.15) is 75.0 Å². The Morgan fingerprint density at radius 1 is 0.906 bits per heavy atom. The maximum Gasteiger partial charge on any atom is 0.326 e. The van der Waals surface area contributed by atoms with E-state index in [-0.39, 0.29) is 43.4 Å². The highest BCUT2D eigenvalue weighted by molar-refractivity contribution is 5.88. The van der Waals surface area contributed by atoms with Crippen LogP contribution in [0.2, 0.25) is 0 Å². The number of aliphatic hydroxyl groups is 1. The molecule has 282 valence electrons. The minimum Gasteiger partial charge on any atom is -0.481 e. The Morgan fingerprint density at radius 2 is 1.60 bits per heavy atom. The zero-order chi connectivity index (χ0) is 38.0. The number of benzene rings is 2. The summed E-state index contributed by atoms with van der Waals surface area (Å²) in [6.07, 6.45) is 5.71. The number of amides is 3. The number of aliphatic hydroxyl groups excluding tert-OH is 1. The maximum absolute atomic E-state index is 13.8. The second-order valence-corrected chi connectivity index (χ2v) is 14.1. The number of rotatable bonds is 17. The lowest BCUT2D eigenvalue weighted by atomic mass is 9.81. The number of hydrogen-bond donors (Lipinski definition) is 5. The first-order valence-corrected chi connectivity index (χ1v) is 18.3. The van der Waals surface area contributed by atoms with Crippen LogP contribution in [-0.4, -0.2) is 85.9 Å². The number of aryl methyl sites for hydroxylation is 1. The summed E-state index contributed by atoms with van der Waals surface area (Å²) < 4.78 is 0. The molecule has 3 aromatic rings. The molecule has 4 atom stereocenters. The van der Waals surface area contributed by atoms with E-state index < -0.39 is 41.8 Å². The van der Waals surface area contributed by atoms with Gasteiger partial charge in [0.05, 0.1) is 17.9 Å². The molecule has 2 aliphatic rings. The van der Waals surface area contributed by atoms with Gasteiger partial charge in [0, 0.05) is 44.4 Å². The molecule has 0 radical (unpaired) electrons. The van der Waals surface area contributed by atoms with Gasteiger partial charge in [-0.2, -0.15) is 0 Å².